The monoisotopic (exact) mass is 383 g/mol. The van der Waals surface area contributed by atoms with E-state index in [2.05, 4.69) is 4.90 Å². The van der Waals surface area contributed by atoms with E-state index in [-0.39, 0.29) is 18.2 Å². The summed E-state index contributed by atoms with van der Waals surface area (Å²) in [5, 5.41) is 11.1. The molecule has 0 unspecified atom stereocenters. The Morgan fingerprint density at radius 1 is 1.04 bits per heavy atom. The molecule has 1 fully saturated rings. The van der Waals surface area contributed by atoms with Gasteiger partial charge in [-0.15, -0.1) is 12.4 Å². The van der Waals surface area contributed by atoms with Crippen molar-refractivity contribution in [2.24, 2.45) is 5.92 Å². The zero-order chi connectivity index (χ0) is 16.9. The van der Waals surface area contributed by atoms with E-state index in [0.717, 1.165) is 37.9 Å². The molecular weight excluding hydrogens is 360 g/mol. The van der Waals surface area contributed by atoms with Crippen LogP contribution in [-0.2, 0) is 6.42 Å². The summed E-state index contributed by atoms with van der Waals surface area (Å²) < 4.78 is 13.0. The SMILES string of the molecule is Cl.O[C@H](CN1CCC(Cc2ccc(F)cc2)CC1)c1ccc(Cl)cc1. The Bertz CT molecular complexity index is 640. The molecule has 1 heterocycles. The van der Waals surface area contributed by atoms with Crippen LogP contribution in [0.15, 0.2) is 48.5 Å². The summed E-state index contributed by atoms with van der Waals surface area (Å²) in [5.41, 5.74) is 2.11. The molecule has 2 aromatic carbocycles. The first kappa shape index (κ1) is 20.2. The molecule has 1 aliphatic heterocycles. The van der Waals surface area contributed by atoms with Crippen molar-refractivity contribution >= 4 is 24.0 Å². The minimum Gasteiger partial charge on any atom is -0.387 e. The molecule has 25 heavy (non-hydrogen) atoms. The fraction of sp³-hybridized carbons (Fsp3) is 0.400. The van der Waals surface area contributed by atoms with Gasteiger partial charge in [0.1, 0.15) is 5.82 Å². The van der Waals surface area contributed by atoms with E-state index < -0.39 is 6.10 Å². The maximum atomic E-state index is 13.0. The van der Waals surface area contributed by atoms with E-state index in [4.69, 9.17) is 11.6 Å². The van der Waals surface area contributed by atoms with Gasteiger partial charge in [0, 0.05) is 11.6 Å². The van der Waals surface area contributed by atoms with Crippen molar-refractivity contribution in [3.05, 3.63) is 70.5 Å². The van der Waals surface area contributed by atoms with E-state index in [1.54, 1.807) is 0 Å². The van der Waals surface area contributed by atoms with Gasteiger partial charge in [-0.1, -0.05) is 35.9 Å². The maximum Gasteiger partial charge on any atom is 0.123 e. The number of aliphatic hydroxyl groups is 1. The highest BCUT2D eigenvalue weighted by molar-refractivity contribution is 6.30. The van der Waals surface area contributed by atoms with Gasteiger partial charge in [0.2, 0.25) is 0 Å². The summed E-state index contributed by atoms with van der Waals surface area (Å²) in [7, 11) is 0. The first-order chi connectivity index (χ1) is 11.6. The van der Waals surface area contributed by atoms with Gasteiger partial charge in [-0.25, -0.2) is 4.39 Å². The molecule has 2 aromatic rings. The number of aliphatic hydroxyl groups excluding tert-OH is 1. The van der Waals surface area contributed by atoms with Crippen molar-refractivity contribution in [3.8, 4) is 0 Å². The van der Waals surface area contributed by atoms with Crippen LogP contribution in [0.2, 0.25) is 5.02 Å². The van der Waals surface area contributed by atoms with Crippen LogP contribution < -0.4 is 0 Å². The van der Waals surface area contributed by atoms with Gasteiger partial charge in [-0.3, -0.25) is 0 Å². The molecule has 1 N–H and O–H groups in total. The lowest BCUT2D eigenvalue weighted by Gasteiger charge is -2.33. The van der Waals surface area contributed by atoms with Crippen molar-refractivity contribution in [2.75, 3.05) is 19.6 Å². The fourth-order valence-electron chi connectivity index (χ4n) is 3.36. The molecule has 1 saturated heterocycles. The molecule has 0 aromatic heterocycles. The highest BCUT2D eigenvalue weighted by Crippen LogP contribution is 2.24. The Morgan fingerprint density at radius 2 is 1.64 bits per heavy atom. The Morgan fingerprint density at radius 3 is 2.24 bits per heavy atom. The van der Waals surface area contributed by atoms with Crippen molar-refractivity contribution in [3.63, 3.8) is 0 Å². The third-order valence-electron chi connectivity index (χ3n) is 4.83. The van der Waals surface area contributed by atoms with Crippen molar-refractivity contribution in [2.45, 2.75) is 25.4 Å². The topological polar surface area (TPSA) is 23.5 Å². The lowest BCUT2D eigenvalue weighted by molar-refractivity contribution is 0.0893. The summed E-state index contributed by atoms with van der Waals surface area (Å²) >= 11 is 5.89. The van der Waals surface area contributed by atoms with Crippen LogP contribution in [0.3, 0.4) is 0 Å². The second-order valence-electron chi connectivity index (χ2n) is 6.64. The molecular formula is C20H24Cl2FNO. The normalized spacial score (nSPS) is 17.1. The Hall–Kier alpha value is -1.13. The molecule has 1 aliphatic rings. The Kier molecular flexibility index (Phi) is 7.70. The minimum absolute atomic E-state index is 0. The van der Waals surface area contributed by atoms with Crippen LogP contribution in [0, 0.1) is 11.7 Å². The highest BCUT2D eigenvalue weighted by atomic mass is 35.5. The molecule has 0 bridgehead atoms. The predicted molar refractivity (Wildman–Crippen MR) is 103 cm³/mol. The van der Waals surface area contributed by atoms with Gasteiger partial charge < -0.3 is 10.0 Å². The Balaban J connectivity index is 0.00000225. The van der Waals surface area contributed by atoms with Gasteiger partial charge >= 0.3 is 0 Å². The second-order valence-corrected chi connectivity index (χ2v) is 7.08. The summed E-state index contributed by atoms with van der Waals surface area (Å²) in [6, 6.07) is 14.2. The van der Waals surface area contributed by atoms with Crippen LogP contribution in [0.25, 0.3) is 0 Å². The third-order valence-corrected chi connectivity index (χ3v) is 5.08. The van der Waals surface area contributed by atoms with Gasteiger partial charge in [-0.05, 0) is 73.7 Å². The second kappa shape index (κ2) is 9.54. The molecule has 1 atom stereocenters. The lowest BCUT2D eigenvalue weighted by Crippen LogP contribution is -2.37. The standard InChI is InChI=1S/C20H23ClFNO.ClH/c21-18-5-3-17(4-6-18)20(24)14-23-11-9-16(10-12-23)13-15-1-7-19(22)8-2-15;/h1-8,16,20,24H,9-14H2;1H/t20-;/m1./s1. The molecule has 0 aliphatic carbocycles. The zero-order valence-electron chi connectivity index (χ0n) is 14.1. The number of halogens is 3. The van der Waals surface area contributed by atoms with E-state index in [1.807, 2.05) is 36.4 Å². The van der Waals surface area contributed by atoms with E-state index >= 15 is 0 Å². The van der Waals surface area contributed by atoms with E-state index in [9.17, 15) is 9.50 Å². The van der Waals surface area contributed by atoms with Crippen LogP contribution >= 0.6 is 24.0 Å². The number of hydrogen-bond acceptors (Lipinski definition) is 2. The lowest BCUT2D eigenvalue weighted by atomic mass is 9.90. The van der Waals surface area contributed by atoms with Crippen molar-refractivity contribution < 1.29 is 9.50 Å². The number of nitrogens with zero attached hydrogens (tertiary/aromatic N) is 1. The minimum atomic E-state index is -0.476. The third kappa shape index (κ3) is 5.96. The van der Waals surface area contributed by atoms with Crippen molar-refractivity contribution in [1.29, 1.82) is 0 Å². The largest absolute Gasteiger partial charge is 0.387 e. The average Bonchev–Trinajstić information content (AvgIpc) is 2.59. The zero-order valence-corrected chi connectivity index (χ0v) is 15.6. The summed E-state index contributed by atoms with van der Waals surface area (Å²) in [5.74, 6) is 0.462. The average molecular weight is 384 g/mol. The number of hydrogen-bond donors (Lipinski definition) is 1. The number of β-amino-alcohol motifs (C(OH)–C–C–N with tert-alkyl or cyclic N) is 1. The Labute approximate surface area is 160 Å². The van der Waals surface area contributed by atoms with Crippen LogP contribution in [0.1, 0.15) is 30.1 Å². The van der Waals surface area contributed by atoms with Crippen LogP contribution in [0.5, 0.6) is 0 Å². The summed E-state index contributed by atoms with van der Waals surface area (Å²) in [6.45, 7) is 2.65. The van der Waals surface area contributed by atoms with E-state index in [1.165, 1.54) is 17.7 Å². The predicted octanol–water partition coefficient (Wildman–Crippen LogP) is 4.89. The van der Waals surface area contributed by atoms with Gasteiger partial charge in [-0.2, -0.15) is 0 Å². The highest BCUT2D eigenvalue weighted by Gasteiger charge is 2.21. The van der Waals surface area contributed by atoms with E-state index in [0.29, 0.717) is 17.5 Å². The molecule has 2 nitrogen and oxygen atoms in total. The summed E-state index contributed by atoms with van der Waals surface area (Å²) in [6.07, 6.45) is 2.76. The molecule has 5 heteroatoms. The molecule has 0 radical (unpaired) electrons. The van der Waals surface area contributed by atoms with Crippen LogP contribution in [0.4, 0.5) is 4.39 Å². The molecule has 3 rings (SSSR count). The first-order valence-electron chi connectivity index (χ1n) is 8.50. The smallest absolute Gasteiger partial charge is 0.123 e. The quantitative estimate of drug-likeness (QED) is 0.794. The molecule has 0 amide bonds. The van der Waals surface area contributed by atoms with Crippen LogP contribution in [-0.4, -0.2) is 29.6 Å². The number of likely N-dealkylation sites (tertiary alicyclic amines) is 1. The number of benzene rings is 2. The molecule has 0 saturated carbocycles. The summed E-state index contributed by atoms with van der Waals surface area (Å²) in [4.78, 5) is 2.32. The fourth-order valence-corrected chi connectivity index (χ4v) is 3.49. The van der Waals surface area contributed by atoms with Gasteiger partial charge in [0.15, 0.2) is 0 Å². The first-order valence-corrected chi connectivity index (χ1v) is 8.88. The van der Waals surface area contributed by atoms with Crippen molar-refractivity contribution in [1.82, 2.24) is 4.90 Å². The number of piperidine rings is 1. The molecule has 0 spiro atoms. The molecule has 136 valence electrons. The van der Waals surface area contributed by atoms with Gasteiger partial charge in [0.25, 0.3) is 0 Å². The maximum absolute atomic E-state index is 13.0. The number of rotatable bonds is 5. The van der Waals surface area contributed by atoms with Gasteiger partial charge in [0.05, 0.1) is 6.10 Å².